The summed E-state index contributed by atoms with van der Waals surface area (Å²) in [5.41, 5.74) is 9.81. The minimum absolute atomic E-state index is 0. The first-order valence-electron chi connectivity index (χ1n) is 2.80. The normalized spacial score (nSPS) is 6.70. The van der Waals surface area contributed by atoms with Gasteiger partial charge in [0.05, 0.1) is 0 Å². The molecule has 5 N–H and O–H groups in total. The second-order valence-electron chi connectivity index (χ2n) is 1.32. The summed E-state index contributed by atoms with van der Waals surface area (Å²) >= 11 is 0. The van der Waals surface area contributed by atoms with Crippen LogP contribution in [0, 0.1) is 0 Å². The molecule has 0 aliphatic rings. The van der Waals surface area contributed by atoms with Gasteiger partial charge in [-0.1, -0.05) is 6.92 Å². The van der Waals surface area contributed by atoms with E-state index >= 15 is 0 Å². The van der Waals surface area contributed by atoms with Gasteiger partial charge >= 0.3 is 35.5 Å². The Morgan fingerprint density at radius 3 is 1.60 bits per heavy atom. The molecule has 0 rings (SSSR count). The van der Waals surface area contributed by atoms with Crippen LogP contribution in [0.1, 0.15) is 13.3 Å². The van der Waals surface area contributed by atoms with Crippen LogP contribution in [0.15, 0.2) is 0 Å². The fraction of sp³-hybridized carbons (Fsp3) is 0.800. The Hall–Kier alpha value is 0.390. The Morgan fingerprint density at radius 1 is 1.40 bits per heavy atom. The summed E-state index contributed by atoms with van der Waals surface area (Å²) in [5, 5.41) is 7.72. The van der Waals surface area contributed by atoms with Crippen molar-refractivity contribution in [1.29, 1.82) is 0 Å². The summed E-state index contributed by atoms with van der Waals surface area (Å²) in [7, 11) is 0. The molecule has 0 unspecified atom stereocenters. The second-order valence-corrected chi connectivity index (χ2v) is 1.32. The topological polar surface area (TPSA) is 89.3 Å². The van der Waals surface area contributed by atoms with Gasteiger partial charge in [-0.3, -0.25) is 4.79 Å². The van der Waals surface area contributed by atoms with Crippen molar-refractivity contribution < 1.29 is 9.90 Å². The number of hydrogen-bond donors (Lipinski definition) is 3. The van der Waals surface area contributed by atoms with Crippen molar-refractivity contribution in [2.24, 2.45) is 11.5 Å². The van der Waals surface area contributed by atoms with E-state index in [4.69, 9.17) is 16.6 Å². The molecule has 0 radical (unpaired) electrons. The molecule has 0 amide bonds. The molecule has 0 aromatic carbocycles. The molecule has 10 heavy (non-hydrogen) atoms. The Balaban J connectivity index is -0.0000000910. The molecule has 0 bridgehead atoms. The van der Waals surface area contributed by atoms with E-state index in [0.29, 0.717) is 13.1 Å². The third kappa shape index (κ3) is 39.9. The minimum atomic E-state index is -0.745. The Labute approximate surface area is 83.3 Å². The number of carbonyl (C=O) groups is 1. The zero-order valence-corrected chi connectivity index (χ0v) is 5.63. The van der Waals surface area contributed by atoms with Crippen molar-refractivity contribution in [3.8, 4) is 0 Å². The van der Waals surface area contributed by atoms with Gasteiger partial charge in [0, 0.05) is 19.5 Å². The molecule has 0 saturated heterocycles. The first kappa shape index (κ1) is 16.8. The van der Waals surface area contributed by atoms with Crippen LogP contribution < -0.4 is 11.5 Å². The molecule has 0 aliphatic heterocycles. The Kier molecular flexibility index (Phi) is 27.2. The monoisotopic (exact) mass is 158 g/mol. The first-order chi connectivity index (χ1) is 4.18. The molecule has 0 aromatic rings. The fourth-order valence-electron chi connectivity index (χ4n) is 0. The maximum absolute atomic E-state index is 9.37. The van der Waals surface area contributed by atoms with Crippen LogP contribution in [0.4, 0.5) is 0 Å². The molecule has 0 heterocycles. The quantitative estimate of drug-likeness (QED) is 0.437. The van der Waals surface area contributed by atoms with E-state index in [9.17, 15) is 4.79 Å². The van der Waals surface area contributed by atoms with Gasteiger partial charge in [0.2, 0.25) is 0 Å². The number of aliphatic carboxylic acids is 1. The average Bonchev–Trinajstić information content (AvgIpc) is 1.89. The Morgan fingerprint density at radius 2 is 1.60 bits per heavy atom. The van der Waals surface area contributed by atoms with Gasteiger partial charge in [0.25, 0.3) is 0 Å². The summed E-state index contributed by atoms with van der Waals surface area (Å²) in [6.45, 7) is 2.79. The molecule has 0 aliphatic carbocycles. The predicted molar refractivity (Wildman–Crippen MR) is 43.2 cm³/mol. The third-order valence-electron chi connectivity index (χ3n) is 0.469. The van der Waals surface area contributed by atoms with Gasteiger partial charge in [-0.25, -0.2) is 0 Å². The Bertz CT molecular complexity index is 68.7. The summed E-state index contributed by atoms with van der Waals surface area (Å²) in [6, 6.07) is 0. The molecular formula is C5H15N2NaO2. The van der Waals surface area contributed by atoms with Crippen molar-refractivity contribution in [3.63, 3.8) is 0 Å². The second kappa shape index (κ2) is 16.2. The van der Waals surface area contributed by atoms with Crippen LogP contribution in [0.5, 0.6) is 0 Å². The van der Waals surface area contributed by atoms with Crippen LogP contribution in [0.3, 0.4) is 0 Å². The summed E-state index contributed by atoms with van der Waals surface area (Å²) in [6.07, 6.45) is 0.222. The van der Waals surface area contributed by atoms with Crippen LogP contribution >= 0.6 is 0 Å². The number of rotatable bonds is 2. The molecule has 5 heteroatoms. The molecule has 0 fully saturated rings. The standard InChI is InChI=1S/C3H6O2.C2H8N2.Na.H/c1-2-3(4)5;3-1-2-4;;/h2H2,1H3,(H,4,5);1-4H2;;. The molecule has 58 valence electrons. The van der Waals surface area contributed by atoms with Crippen LogP contribution in [-0.2, 0) is 4.79 Å². The zero-order chi connectivity index (χ0) is 7.70. The molecule has 0 saturated carbocycles. The summed E-state index contributed by atoms with van der Waals surface area (Å²) < 4.78 is 0. The van der Waals surface area contributed by atoms with Crippen molar-refractivity contribution in [1.82, 2.24) is 0 Å². The first-order valence-corrected chi connectivity index (χ1v) is 2.80. The predicted octanol–water partition coefficient (Wildman–Crippen LogP) is -1.26. The van der Waals surface area contributed by atoms with Gasteiger partial charge in [0.15, 0.2) is 0 Å². The van der Waals surface area contributed by atoms with E-state index in [1.807, 2.05) is 0 Å². The van der Waals surface area contributed by atoms with Crippen LogP contribution in [-0.4, -0.2) is 53.7 Å². The molecule has 4 nitrogen and oxygen atoms in total. The van der Waals surface area contributed by atoms with Crippen molar-refractivity contribution in [2.45, 2.75) is 13.3 Å². The van der Waals surface area contributed by atoms with Gasteiger partial charge in [-0.15, -0.1) is 0 Å². The summed E-state index contributed by atoms with van der Waals surface area (Å²) in [4.78, 5) is 9.37. The number of nitrogens with two attached hydrogens (primary N) is 2. The fourth-order valence-corrected chi connectivity index (χ4v) is 0. The summed E-state index contributed by atoms with van der Waals surface area (Å²) in [5.74, 6) is -0.745. The van der Waals surface area contributed by atoms with Gasteiger partial charge in [-0.2, -0.15) is 0 Å². The van der Waals surface area contributed by atoms with Gasteiger partial charge in [0.1, 0.15) is 0 Å². The van der Waals surface area contributed by atoms with E-state index in [1.54, 1.807) is 6.92 Å². The van der Waals surface area contributed by atoms with E-state index < -0.39 is 5.97 Å². The van der Waals surface area contributed by atoms with Gasteiger partial charge in [-0.05, 0) is 0 Å². The van der Waals surface area contributed by atoms with E-state index in [0.717, 1.165) is 0 Å². The van der Waals surface area contributed by atoms with Crippen LogP contribution in [0.2, 0.25) is 0 Å². The van der Waals surface area contributed by atoms with Crippen molar-refractivity contribution >= 4 is 35.5 Å². The zero-order valence-electron chi connectivity index (χ0n) is 5.63. The maximum atomic E-state index is 9.37. The number of hydrogen-bond acceptors (Lipinski definition) is 3. The molecule has 0 aromatic heterocycles. The van der Waals surface area contributed by atoms with Gasteiger partial charge < -0.3 is 16.6 Å². The third-order valence-corrected chi connectivity index (χ3v) is 0.469. The van der Waals surface area contributed by atoms with E-state index in [-0.39, 0.29) is 36.0 Å². The molecule has 0 spiro atoms. The molecule has 0 atom stereocenters. The van der Waals surface area contributed by atoms with Crippen molar-refractivity contribution in [3.05, 3.63) is 0 Å². The SMILES string of the molecule is CCC(=O)O.NCCN.[NaH]. The van der Waals surface area contributed by atoms with E-state index in [2.05, 4.69) is 0 Å². The van der Waals surface area contributed by atoms with Crippen molar-refractivity contribution in [2.75, 3.05) is 13.1 Å². The number of carboxylic acid groups (broad SMARTS) is 1. The van der Waals surface area contributed by atoms with Crippen LogP contribution in [0.25, 0.3) is 0 Å². The number of carboxylic acids is 1. The van der Waals surface area contributed by atoms with E-state index in [1.165, 1.54) is 0 Å². The molecular weight excluding hydrogens is 143 g/mol. The average molecular weight is 158 g/mol.